The van der Waals surface area contributed by atoms with Crippen LogP contribution in [0.4, 0.5) is 0 Å². The quantitative estimate of drug-likeness (QED) is 0.215. The third-order valence-electron chi connectivity index (χ3n) is 4.56. The van der Waals surface area contributed by atoms with Crippen LogP contribution in [0.5, 0.6) is 0 Å². The Hall–Kier alpha value is -1.85. The summed E-state index contributed by atoms with van der Waals surface area (Å²) >= 11 is 1.56. The number of aliphatic carboxylic acids is 1. The molecule has 0 rings (SSSR count). The SMILES string of the molecule is CCC(C)C(NC(=O)C(C)NC(=O)C(N)CCSC)C(=O)NC(C(=O)O)C(C)O. The third-order valence-corrected chi connectivity index (χ3v) is 5.21. The predicted molar refractivity (Wildman–Crippen MR) is 111 cm³/mol. The predicted octanol–water partition coefficient (Wildman–Crippen LogP) is -0.947. The van der Waals surface area contributed by atoms with Crippen molar-refractivity contribution in [2.45, 2.75) is 70.8 Å². The number of nitrogens with two attached hydrogens (primary N) is 1. The van der Waals surface area contributed by atoms with E-state index in [0.717, 1.165) is 0 Å². The first-order valence-electron chi connectivity index (χ1n) is 9.52. The molecule has 29 heavy (non-hydrogen) atoms. The molecule has 0 radical (unpaired) electrons. The lowest BCUT2D eigenvalue weighted by Gasteiger charge is -2.27. The highest BCUT2D eigenvalue weighted by Crippen LogP contribution is 2.09. The number of carboxylic acid groups (broad SMARTS) is 1. The number of aliphatic hydroxyl groups excluding tert-OH is 1. The Kier molecular flexibility index (Phi) is 12.5. The highest BCUT2D eigenvalue weighted by atomic mass is 32.2. The first-order valence-corrected chi connectivity index (χ1v) is 10.9. The highest BCUT2D eigenvalue weighted by Gasteiger charge is 2.33. The molecule has 6 unspecified atom stereocenters. The summed E-state index contributed by atoms with van der Waals surface area (Å²) in [5.74, 6) is -2.78. The molecule has 0 aromatic heterocycles. The minimum atomic E-state index is -1.50. The summed E-state index contributed by atoms with van der Waals surface area (Å²) in [6.07, 6.45) is 1.58. The lowest BCUT2D eigenvalue weighted by molar-refractivity contribution is -0.145. The van der Waals surface area contributed by atoms with E-state index in [1.54, 1.807) is 18.7 Å². The molecule has 0 aromatic rings. The second-order valence-corrected chi connectivity index (χ2v) is 8.04. The van der Waals surface area contributed by atoms with E-state index in [9.17, 15) is 24.3 Å². The molecule has 6 atom stereocenters. The third kappa shape index (κ3) is 9.46. The summed E-state index contributed by atoms with van der Waals surface area (Å²) in [5, 5.41) is 26.0. The van der Waals surface area contributed by atoms with E-state index < -0.39 is 54.0 Å². The number of carboxylic acids is 1. The largest absolute Gasteiger partial charge is 0.480 e. The monoisotopic (exact) mass is 434 g/mol. The van der Waals surface area contributed by atoms with Gasteiger partial charge in [-0.25, -0.2) is 4.79 Å². The van der Waals surface area contributed by atoms with Crippen LogP contribution in [0.15, 0.2) is 0 Å². The van der Waals surface area contributed by atoms with Crippen LogP contribution in [0.2, 0.25) is 0 Å². The second-order valence-electron chi connectivity index (χ2n) is 7.06. The fourth-order valence-electron chi connectivity index (χ4n) is 2.37. The fraction of sp³-hybridized carbons (Fsp3) is 0.778. The van der Waals surface area contributed by atoms with Crippen LogP contribution in [-0.2, 0) is 19.2 Å². The van der Waals surface area contributed by atoms with Crippen LogP contribution in [0, 0.1) is 5.92 Å². The van der Waals surface area contributed by atoms with Crippen molar-refractivity contribution < 1.29 is 29.4 Å². The molecule has 0 aliphatic carbocycles. The molecule has 0 heterocycles. The topological polar surface area (TPSA) is 171 Å². The van der Waals surface area contributed by atoms with Crippen LogP contribution in [0.3, 0.4) is 0 Å². The van der Waals surface area contributed by atoms with Gasteiger partial charge in [0.2, 0.25) is 17.7 Å². The first kappa shape index (κ1) is 27.1. The molecule has 11 heteroatoms. The number of hydrogen-bond acceptors (Lipinski definition) is 7. The van der Waals surface area contributed by atoms with Crippen LogP contribution < -0.4 is 21.7 Å². The van der Waals surface area contributed by atoms with Gasteiger partial charge in [-0.3, -0.25) is 14.4 Å². The molecule has 0 saturated carbocycles. The van der Waals surface area contributed by atoms with E-state index in [-0.39, 0.29) is 5.92 Å². The van der Waals surface area contributed by atoms with Gasteiger partial charge in [-0.05, 0) is 38.2 Å². The number of carbonyl (C=O) groups is 4. The summed E-state index contributed by atoms with van der Waals surface area (Å²) in [5.41, 5.74) is 5.78. The lowest BCUT2D eigenvalue weighted by atomic mass is 9.97. The Balaban J connectivity index is 5.09. The van der Waals surface area contributed by atoms with Crippen molar-refractivity contribution in [2.24, 2.45) is 11.7 Å². The highest BCUT2D eigenvalue weighted by molar-refractivity contribution is 7.98. The van der Waals surface area contributed by atoms with Crippen LogP contribution in [0.1, 0.15) is 40.5 Å². The van der Waals surface area contributed by atoms with Crippen molar-refractivity contribution in [3.8, 4) is 0 Å². The summed E-state index contributed by atoms with van der Waals surface area (Å²) in [4.78, 5) is 48.3. The summed E-state index contributed by atoms with van der Waals surface area (Å²) < 4.78 is 0. The molecular weight excluding hydrogens is 400 g/mol. The van der Waals surface area contributed by atoms with Crippen LogP contribution in [-0.4, -0.2) is 76.2 Å². The Morgan fingerprint density at radius 1 is 0.966 bits per heavy atom. The molecule has 0 fully saturated rings. The molecule has 0 aliphatic heterocycles. The second kappa shape index (κ2) is 13.4. The molecule has 10 nitrogen and oxygen atoms in total. The molecule has 7 N–H and O–H groups in total. The van der Waals surface area contributed by atoms with Crippen molar-refractivity contribution in [2.75, 3.05) is 12.0 Å². The van der Waals surface area contributed by atoms with E-state index >= 15 is 0 Å². The van der Waals surface area contributed by atoms with Crippen LogP contribution in [0.25, 0.3) is 0 Å². The zero-order valence-electron chi connectivity index (χ0n) is 17.6. The van der Waals surface area contributed by atoms with Gasteiger partial charge >= 0.3 is 5.97 Å². The number of rotatable bonds is 13. The molecule has 0 bridgehead atoms. The number of nitrogens with one attached hydrogen (secondary N) is 3. The molecule has 0 aromatic carbocycles. The van der Waals surface area contributed by atoms with Gasteiger partial charge in [0.25, 0.3) is 0 Å². The maximum absolute atomic E-state index is 12.6. The fourth-order valence-corrected chi connectivity index (χ4v) is 2.86. The zero-order valence-corrected chi connectivity index (χ0v) is 18.4. The van der Waals surface area contributed by atoms with Crippen molar-refractivity contribution in [1.29, 1.82) is 0 Å². The molecule has 3 amide bonds. The number of amides is 3. The van der Waals surface area contributed by atoms with E-state index in [0.29, 0.717) is 18.6 Å². The Bertz CT molecular complexity index is 575. The Morgan fingerprint density at radius 2 is 1.52 bits per heavy atom. The van der Waals surface area contributed by atoms with Crippen LogP contribution >= 0.6 is 11.8 Å². The van der Waals surface area contributed by atoms with E-state index in [1.165, 1.54) is 13.8 Å². The minimum Gasteiger partial charge on any atom is -0.480 e. The number of carbonyl (C=O) groups excluding carboxylic acids is 3. The standard InChI is InChI=1S/C18H34N4O6S/c1-6-9(2)13(17(26)22-14(11(4)23)18(27)28)21-15(24)10(3)20-16(25)12(19)7-8-29-5/h9-14,23H,6-8,19H2,1-5H3,(H,20,25)(H,21,24)(H,22,26)(H,27,28). The van der Waals surface area contributed by atoms with Gasteiger partial charge < -0.3 is 31.9 Å². The molecule has 0 spiro atoms. The average Bonchev–Trinajstić information content (AvgIpc) is 2.66. The number of aliphatic hydroxyl groups is 1. The van der Waals surface area contributed by atoms with Gasteiger partial charge in [0.1, 0.15) is 12.1 Å². The Labute approximate surface area is 175 Å². The molecular formula is C18H34N4O6S. The van der Waals surface area contributed by atoms with E-state index in [2.05, 4.69) is 16.0 Å². The normalized spacial score (nSPS) is 17.2. The molecule has 0 saturated heterocycles. The smallest absolute Gasteiger partial charge is 0.328 e. The maximum atomic E-state index is 12.6. The lowest BCUT2D eigenvalue weighted by Crippen LogP contribution is -2.59. The van der Waals surface area contributed by atoms with Gasteiger partial charge in [0.15, 0.2) is 6.04 Å². The van der Waals surface area contributed by atoms with E-state index in [4.69, 9.17) is 10.8 Å². The maximum Gasteiger partial charge on any atom is 0.328 e. The van der Waals surface area contributed by atoms with Crippen molar-refractivity contribution in [3.05, 3.63) is 0 Å². The van der Waals surface area contributed by atoms with Gasteiger partial charge in [0.05, 0.1) is 12.1 Å². The zero-order chi connectivity index (χ0) is 22.7. The first-order chi connectivity index (χ1) is 13.5. The van der Waals surface area contributed by atoms with Gasteiger partial charge in [-0.15, -0.1) is 0 Å². The average molecular weight is 435 g/mol. The Morgan fingerprint density at radius 3 is 1.97 bits per heavy atom. The van der Waals surface area contributed by atoms with E-state index in [1.807, 2.05) is 13.2 Å². The molecule has 0 aliphatic rings. The summed E-state index contributed by atoms with van der Waals surface area (Å²) in [6, 6.07) is -4.21. The van der Waals surface area contributed by atoms with Gasteiger partial charge in [0, 0.05) is 0 Å². The van der Waals surface area contributed by atoms with Crippen molar-refractivity contribution in [1.82, 2.24) is 16.0 Å². The number of thioether (sulfide) groups is 1. The van der Waals surface area contributed by atoms with Crippen molar-refractivity contribution >= 4 is 35.5 Å². The van der Waals surface area contributed by atoms with Gasteiger partial charge in [-0.2, -0.15) is 11.8 Å². The minimum absolute atomic E-state index is 0.311. The molecule has 168 valence electrons. The number of hydrogen-bond donors (Lipinski definition) is 6. The van der Waals surface area contributed by atoms with Crippen molar-refractivity contribution in [3.63, 3.8) is 0 Å². The summed E-state index contributed by atoms with van der Waals surface area (Å²) in [6.45, 7) is 6.25. The summed E-state index contributed by atoms with van der Waals surface area (Å²) in [7, 11) is 0. The van der Waals surface area contributed by atoms with Gasteiger partial charge in [-0.1, -0.05) is 20.3 Å².